The van der Waals surface area contributed by atoms with E-state index in [1.807, 2.05) is 30.3 Å². The third-order valence-corrected chi connectivity index (χ3v) is 5.69. The van der Waals surface area contributed by atoms with Crippen LogP contribution >= 0.6 is 11.6 Å². The van der Waals surface area contributed by atoms with Crippen molar-refractivity contribution >= 4 is 29.4 Å². The summed E-state index contributed by atoms with van der Waals surface area (Å²) in [5.41, 5.74) is 1.15. The summed E-state index contributed by atoms with van der Waals surface area (Å²) in [6, 6.07) is 15.2. The molecule has 30 heavy (non-hydrogen) atoms. The molecule has 0 aromatic heterocycles. The van der Waals surface area contributed by atoms with E-state index in [0.29, 0.717) is 23.6 Å². The Labute approximate surface area is 180 Å². The summed E-state index contributed by atoms with van der Waals surface area (Å²) in [5.74, 6) is -1.43. The van der Waals surface area contributed by atoms with Gasteiger partial charge in [-0.2, -0.15) is 0 Å². The smallest absolute Gasteiger partial charge is 0.305 e. The summed E-state index contributed by atoms with van der Waals surface area (Å²) in [5, 5.41) is 12.5. The van der Waals surface area contributed by atoms with Gasteiger partial charge in [0.25, 0.3) is 5.91 Å². The van der Waals surface area contributed by atoms with E-state index in [-0.39, 0.29) is 30.7 Å². The molecule has 2 amide bonds. The standard InChI is InChI=1S/C23H25ClN2O4/c24-19-12-5-4-11-18(19)23(30)25-20(16-8-2-1-3-9-16)15-21(27)26-13-7-6-10-17(26)14-22(28)29/h1-5,8-9,11-12,17,20H,6-7,10,13-15H2,(H,25,30)(H,28,29). The van der Waals surface area contributed by atoms with Crippen LogP contribution in [0.4, 0.5) is 0 Å². The fourth-order valence-electron chi connectivity index (χ4n) is 3.85. The number of nitrogens with zero attached hydrogens (tertiary/aromatic N) is 1. The highest BCUT2D eigenvalue weighted by Crippen LogP contribution is 2.25. The molecule has 1 aliphatic rings. The van der Waals surface area contributed by atoms with Gasteiger partial charge in [0, 0.05) is 12.6 Å². The summed E-state index contributed by atoms with van der Waals surface area (Å²) in [7, 11) is 0. The lowest BCUT2D eigenvalue weighted by Crippen LogP contribution is -2.46. The minimum atomic E-state index is -0.911. The molecule has 0 saturated carbocycles. The molecule has 2 unspecified atom stereocenters. The van der Waals surface area contributed by atoms with Crippen molar-refractivity contribution in [2.45, 2.75) is 44.2 Å². The van der Waals surface area contributed by atoms with Gasteiger partial charge in [0.15, 0.2) is 0 Å². The molecule has 0 bridgehead atoms. The van der Waals surface area contributed by atoms with Crippen molar-refractivity contribution < 1.29 is 19.5 Å². The van der Waals surface area contributed by atoms with Crippen molar-refractivity contribution in [1.29, 1.82) is 0 Å². The molecule has 2 atom stereocenters. The van der Waals surface area contributed by atoms with Crippen LogP contribution in [-0.4, -0.2) is 40.4 Å². The molecule has 0 radical (unpaired) electrons. The summed E-state index contributed by atoms with van der Waals surface area (Å²) in [4.78, 5) is 38.8. The van der Waals surface area contributed by atoms with Crippen LogP contribution in [0.15, 0.2) is 54.6 Å². The number of benzene rings is 2. The fourth-order valence-corrected chi connectivity index (χ4v) is 4.08. The first-order valence-electron chi connectivity index (χ1n) is 10.1. The predicted molar refractivity (Wildman–Crippen MR) is 114 cm³/mol. The van der Waals surface area contributed by atoms with Crippen LogP contribution in [0.3, 0.4) is 0 Å². The normalized spacial score (nSPS) is 17.2. The second-order valence-corrected chi connectivity index (χ2v) is 7.86. The van der Waals surface area contributed by atoms with Crippen molar-refractivity contribution in [3.8, 4) is 0 Å². The molecule has 1 fully saturated rings. The Kier molecular flexibility index (Phi) is 7.46. The van der Waals surface area contributed by atoms with Gasteiger partial charge in [-0.15, -0.1) is 0 Å². The van der Waals surface area contributed by atoms with Crippen LogP contribution in [-0.2, 0) is 9.59 Å². The Hall–Kier alpha value is -2.86. The van der Waals surface area contributed by atoms with E-state index in [0.717, 1.165) is 18.4 Å². The molecule has 158 valence electrons. The molecule has 6 nitrogen and oxygen atoms in total. The van der Waals surface area contributed by atoms with E-state index in [9.17, 15) is 19.5 Å². The maximum absolute atomic E-state index is 13.1. The Balaban J connectivity index is 1.79. The third kappa shape index (κ3) is 5.60. The van der Waals surface area contributed by atoms with E-state index in [1.54, 1.807) is 29.2 Å². The van der Waals surface area contributed by atoms with E-state index < -0.39 is 12.0 Å². The van der Waals surface area contributed by atoms with Crippen LogP contribution in [0.1, 0.15) is 54.1 Å². The van der Waals surface area contributed by atoms with Gasteiger partial charge in [-0.25, -0.2) is 0 Å². The van der Waals surface area contributed by atoms with E-state index in [4.69, 9.17) is 11.6 Å². The maximum atomic E-state index is 13.1. The van der Waals surface area contributed by atoms with E-state index in [2.05, 4.69) is 5.32 Å². The van der Waals surface area contributed by atoms with Crippen molar-refractivity contribution in [3.63, 3.8) is 0 Å². The number of rotatable bonds is 7. The first kappa shape index (κ1) is 21.8. The number of halogens is 1. The average Bonchev–Trinajstić information content (AvgIpc) is 2.74. The highest BCUT2D eigenvalue weighted by molar-refractivity contribution is 6.33. The molecule has 2 aromatic rings. The van der Waals surface area contributed by atoms with Crippen LogP contribution < -0.4 is 5.32 Å². The van der Waals surface area contributed by atoms with Gasteiger partial charge < -0.3 is 15.3 Å². The monoisotopic (exact) mass is 428 g/mol. The number of hydrogen-bond donors (Lipinski definition) is 2. The SMILES string of the molecule is O=C(O)CC1CCCCN1C(=O)CC(NC(=O)c1ccccc1Cl)c1ccccc1. The molecule has 2 aromatic carbocycles. The van der Waals surface area contributed by atoms with Gasteiger partial charge in [-0.1, -0.05) is 54.1 Å². The quantitative estimate of drug-likeness (QED) is 0.696. The van der Waals surface area contributed by atoms with E-state index >= 15 is 0 Å². The lowest BCUT2D eigenvalue weighted by molar-refractivity contribution is -0.142. The molecule has 1 saturated heterocycles. The van der Waals surface area contributed by atoms with Crippen molar-refractivity contribution in [1.82, 2.24) is 10.2 Å². The number of aliphatic carboxylic acids is 1. The van der Waals surface area contributed by atoms with Gasteiger partial charge in [-0.05, 0) is 37.0 Å². The molecule has 3 rings (SSSR count). The topological polar surface area (TPSA) is 86.7 Å². The van der Waals surface area contributed by atoms with Crippen LogP contribution in [0.5, 0.6) is 0 Å². The molecule has 1 aliphatic heterocycles. The van der Waals surface area contributed by atoms with Crippen LogP contribution in [0.2, 0.25) is 5.02 Å². The highest BCUT2D eigenvalue weighted by atomic mass is 35.5. The maximum Gasteiger partial charge on any atom is 0.305 e. The highest BCUT2D eigenvalue weighted by Gasteiger charge is 2.30. The zero-order chi connectivity index (χ0) is 21.5. The number of carbonyl (C=O) groups is 3. The zero-order valence-electron chi connectivity index (χ0n) is 16.6. The van der Waals surface area contributed by atoms with Crippen molar-refractivity contribution in [3.05, 3.63) is 70.7 Å². The lowest BCUT2D eigenvalue weighted by atomic mass is 9.97. The molecule has 1 heterocycles. The fraction of sp³-hybridized carbons (Fsp3) is 0.348. The second-order valence-electron chi connectivity index (χ2n) is 7.46. The molecular weight excluding hydrogens is 404 g/mol. The number of amides is 2. The van der Waals surface area contributed by atoms with Crippen LogP contribution in [0, 0.1) is 0 Å². The molecular formula is C23H25ClN2O4. The lowest BCUT2D eigenvalue weighted by Gasteiger charge is -2.36. The number of piperidine rings is 1. The number of carbonyl (C=O) groups excluding carboxylic acids is 2. The van der Waals surface area contributed by atoms with Gasteiger partial charge in [0.1, 0.15) is 0 Å². The number of carboxylic acid groups (broad SMARTS) is 1. The summed E-state index contributed by atoms with van der Waals surface area (Å²) in [6.45, 7) is 0.538. The zero-order valence-corrected chi connectivity index (χ0v) is 17.3. The van der Waals surface area contributed by atoms with Gasteiger partial charge in [0.2, 0.25) is 5.91 Å². The van der Waals surface area contributed by atoms with Crippen molar-refractivity contribution in [2.75, 3.05) is 6.54 Å². The third-order valence-electron chi connectivity index (χ3n) is 5.36. The molecule has 0 spiro atoms. The first-order valence-corrected chi connectivity index (χ1v) is 10.4. The summed E-state index contributed by atoms with van der Waals surface area (Å²) < 4.78 is 0. The Morgan fingerprint density at radius 2 is 1.77 bits per heavy atom. The summed E-state index contributed by atoms with van der Waals surface area (Å²) >= 11 is 6.15. The Morgan fingerprint density at radius 3 is 2.47 bits per heavy atom. The molecule has 2 N–H and O–H groups in total. The number of hydrogen-bond acceptors (Lipinski definition) is 3. The van der Waals surface area contributed by atoms with Gasteiger partial charge in [0.05, 0.1) is 29.5 Å². The van der Waals surface area contributed by atoms with Crippen molar-refractivity contribution in [2.24, 2.45) is 0 Å². The average molecular weight is 429 g/mol. The molecule has 0 aliphatic carbocycles. The number of carboxylic acids is 1. The minimum Gasteiger partial charge on any atom is -0.481 e. The Bertz CT molecular complexity index is 903. The Morgan fingerprint density at radius 1 is 1.07 bits per heavy atom. The minimum absolute atomic E-state index is 0.0519. The second kappa shape index (κ2) is 10.3. The van der Waals surface area contributed by atoms with E-state index in [1.165, 1.54) is 0 Å². The largest absolute Gasteiger partial charge is 0.481 e. The number of nitrogens with one attached hydrogen (secondary N) is 1. The number of likely N-dealkylation sites (tertiary alicyclic amines) is 1. The summed E-state index contributed by atoms with van der Waals surface area (Å²) in [6.07, 6.45) is 2.43. The van der Waals surface area contributed by atoms with Gasteiger partial charge in [-0.3, -0.25) is 14.4 Å². The van der Waals surface area contributed by atoms with Gasteiger partial charge >= 0.3 is 5.97 Å². The van der Waals surface area contributed by atoms with Crippen LogP contribution in [0.25, 0.3) is 0 Å². The molecule has 7 heteroatoms. The first-order chi connectivity index (χ1) is 14.5. The predicted octanol–water partition coefficient (Wildman–Crippen LogP) is 4.06.